The second-order valence-corrected chi connectivity index (χ2v) is 6.50. The number of piperazine rings is 1. The molecule has 2 saturated heterocycles. The lowest BCUT2D eigenvalue weighted by Gasteiger charge is -2.48. The van der Waals surface area contributed by atoms with Crippen LogP contribution in [-0.4, -0.2) is 67.3 Å². The molecular weight excluding hydrogens is 330 g/mol. The van der Waals surface area contributed by atoms with E-state index in [1.165, 1.54) is 12.1 Å². The van der Waals surface area contributed by atoms with E-state index in [1.54, 1.807) is 17.0 Å². The highest BCUT2D eigenvalue weighted by atomic mass is 19.3. The Morgan fingerprint density at radius 3 is 2.88 bits per heavy atom. The van der Waals surface area contributed by atoms with Gasteiger partial charge in [-0.1, -0.05) is 25.5 Å². The van der Waals surface area contributed by atoms with Crippen molar-refractivity contribution in [3.63, 3.8) is 0 Å². The molecule has 0 bridgehead atoms. The Morgan fingerprint density at radius 2 is 2.12 bits per heavy atom. The van der Waals surface area contributed by atoms with Crippen LogP contribution in [0, 0.1) is 0 Å². The monoisotopic (exact) mass is 354 g/mol. The number of ether oxygens (including phenoxy) is 2. The van der Waals surface area contributed by atoms with E-state index < -0.39 is 6.61 Å². The van der Waals surface area contributed by atoms with Gasteiger partial charge in [0.1, 0.15) is 5.75 Å². The molecule has 25 heavy (non-hydrogen) atoms. The lowest BCUT2D eigenvalue weighted by molar-refractivity contribution is -0.0778. The van der Waals surface area contributed by atoms with E-state index in [1.807, 2.05) is 0 Å². The van der Waals surface area contributed by atoms with Gasteiger partial charge in [-0.3, -0.25) is 9.69 Å². The van der Waals surface area contributed by atoms with Gasteiger partial charge in [0.25, 0.3) is 5.91 Å². The lowest BCUT2D eigenvalue weighted by atomic mass is 10.0. The van der Waals surface area contributed by atoms with Crippen LogP contribution >= 0.6 is 0 Å². The number of hydrogen-bond acceptors (Lipinski definition) is 4. The van der Waals surface area contributed by atoms with E-state index >= 15 is 0 Å². The van der Waals surface area contributed by atoms with Gasteiger partial charge in [0.2, 0.25) is 0 Å². The number of fused-ring (bicyclic) bond motifs is 1. The summed E-state index contributed by atoms with van der Waals surface area (Å²) < 4.78 is 35.4. The number of carbonyl (C=O) groups is 1. The molecule has 2 atom stereocenters. The summed E-state index contributed by atoms with van der Waals surface area (Å²) in [6.07, 6.45) is 2.17. The lowest BCUT2D eigenvalue weighted by Crippen LogP contribution is -2.62. The fourth-order valence-corrected chi connectivity index (χ4v) is 3.71. The van der Waals surface area contributed by atoms with Crippen LogP contribution in [0.5, 0.6) is 5.75 Å². The van der Waals surface area contributed by atoms with Gasteiger partial charge in [0.15, 0.2) is 0 Å². The van der Waals surface area contributed by atoms with E-state index in [4.69, 9.17) is 4.74 Å². The van der Waals surface area contributed by atoms with Gasteiger partial charge < -0.3 is 14.4 Å². The van der Waals surface area contributed by atoms with E-state index in [0.717, 1.165) is 26.0 Å². The van der Waals surface area contributed by atoms with Crippen LogP contribution in [0.1, 0.15) is 30.1 Å². The Labute approximate surface area is 146 Å². The number of benzene rings is 1. The number of carbonyl (C=O) groups excluding carboxylic acids is 1. The van der Waals surface area contributed by atoms with Crippen molar-refractivity contribution in [2.75, 3.05) is 32.8 Å². The van der Waals surface area contributed by atoms with Gasteiger partial charge in [-0.05, 0) is 18.6 Å². The summed E-state index contributed by atoms with van der Waals surface area (Å²) in [7, 11) is 0. The molecule has 0 spiro atoms. The number of rotatable bonds is 5. The van der Waals surface area contributed by atoms with Crippen LogP contribution < -0.4 is 4.74 Å². The van der Waals surface area contributed by atoms with Crippen molar-refractivity contribution in [3.05, 3.63) is 29.8 Å². The summed E-state index contributed by atoms with van der Waals surface area (Å²) in [5.41, 5.74) is 0.179. The van der Waals surface area contributed by atoms with Crippen molar-refractivity contribution in [3.8, 4) is 5.75 Å². The van der Waals surface area contributed by atoms with Crippen LogP contribution in [0.2, 0.25) is 0 Å². The molecule has 1 aromatic rings. The molecule has 0 radical (unpaired) electrons. The van der Waals surface area contributed by atoms with Crippen LogP contribution in [0.3, 0.4) is 0 Å². The van der Waals surface area contributed by atoms with Crippen LogP contribution in [0.4, 0.5) is 8.78 Å². The fraction of sp³-hybridized carbons (Fsp3) is 0.611. The molecule has 138 valence electrons. The van der Waals surface area contributed by atoms with E-state index in [0.29, 0.717) is 25.7 Å². The van der Waals surface area contributed by atoms with Gasteiger partial charge in [-0.25, -0.2) is 0 Å². The van der Waals surface area contributed by atoms with Crippen LogP contribution in [-0.2, 0) is 4.74 Å². The predicted octanol–water partition coefficient (Wildman–Crippen LogP) is 2.61. The number of amides is 1. The zero-order valence-corrected chi connectivity index (χ0v) is 14.4. The first-order chi connectivity index (χ1) is 12.1. The van der Waals surface area contributed by atoms with E-state index in [-0.39, 0.29) is 23.3 Å². The zero-order chi connectivity index (χ0) is 17.8. The Balaban J connectivity index is 1.71. The first-order valence-corrected chi connectivity index (χ1v) is 8.76. The maximum Gasteiger partial charge on any atom is 0.387 e. The summed E-state index contributed by atoms with van der Waals surface area (Å²) in [5.74, 6) is -0.345. The molecule has 1 aromatic carbocycles. The minimum Gasteiger partial charge on any atom is -0.434 e. The van der Waals surface area contributed by atoms with Gasteiger partial charge in [-0.2, -0.15) is 8.78 Å². The van der Waals surface area contributed by atoms with Gasteiger partial charge in [0, 0.05) is 25.7 Å². The molecule has 2 fully saturated rings. The summed E-state index contributed by atoms with van der Waals surface area (Å²) in [6, 6.07) is 6.72. The highest BCUT2D eigenvalue weighted by Gasteiger charge is 2.37. The average molecular weight is 354 g/mol. The summed E-state index contributed by atoms with van der Waals surface area (Å²) in [4.78, 5) is 17.0. The summed E-state index contributed by atoms with van der Waals surface area (Å²) >= 11 is 0. The fourth-order valence-electron chi connectivity index (χ4n) is 3.71. The van der Waals surface area contributed by atoms with Crippen molar-refractivity contribution in [1.29, 1.82) is 0 Å². The van der Waals surface area contributed by atoms with Gasteiger partial charge in [0.05, 0.1) is 24.8 Å². The molecule has 1 amide bonds. The third-order valence-electron chi connectivity index (χ3n) is 4.86. The number of alkyl halides is 2. The number of morpholine rings is 1. The second kappa shape index (κ2) is 8.10. The molecule has 2 aliphatic rings. The first-order valence-electron chi connectivity index (χ1n) is 8.76. The Hall–Kier alpha value is -1.73. The third kappa shape index (κ3) is 4.10. The average Bonchev–Trinajstić information content (AvgIpc) is 2.61. The molecule has 0 aliphatic carbocycles. The molecule has 0 unspecified atom stereocenters. The molecule has 2 aliphatic heterocycles. The molecule has 0 aromatic heterocycles. The number of para-hydroxylation sites is 1. The van der Waals surface area contributed by atoms with Crippen molar-refractivity contribution in [2.45, 2.75) is 38.5 Å². The van der Waals surface area contributed by atoms with E-state index in [2.05, 4.69) is 16.6 Å². The minimum atomic E-state index is -2.95. The molecule has 5 nitrogen and oxygen atoms in total. The summed E-state index contributed by atoms with van der Waals surface area (Å²) in [6.45, 7) is 2.45. The SMILES string of the molecule is CCC[C@H]1COC[C@H]2CN(C(=O)c3ccccc3OC(F)F)CCN12. The van der Waals surface area contributed by atoms with E-state index in [9.17, 15) is 13.6 Å². The largest absolute Gasteiger partial charge is 0.434 e. The maximum atomic E-state index is 12.8. The molecule has 2 heterocycles. The second-order valence-electron chi connectivity index (χ2n) is 6.50. The number of nitrogens with zero attached hydrogens (tertiary/aromatic N) is 2. The molecule has 7 heteroatoms. The van der Waals surface area contributed by atoms with Crippen LogP contribution in [0.15, 0.2) is 24.3 Å². The first kappa shape index (κ1) is 18.1. The molecule has 0 N–H and O–H groups in total. The van der Waals surface area contributed by atoms with Crippen molar-refractivity contribution < 1.29 is 23.0 Å². The summed E-state index contributed by atoms with van der Waals surface area (Å²) in [5, 5.41) is 0. The molecule has 0 saturated carbocycles. The van der Waals surface area contributed by atoms with Gasteiger partial charge >= 0.3 is 6.61 Å². The number of hydrogen-bond donors (Lipinski definition) is 0. The third-order valence-corrected chi connectivity index (χ3v) is 4.86. The van der Waals surface area contributed by atoms with Gasteiger partial charge in [-0.15, -0.1) is 0 Å². The molecule has 3 rings (SSSR count). The highest BCUT2D eigenvalue weighted by molar-refractivity contribution is 5.97. The Bertz CT molecular complexity index is 597. The predicted molar refractivity (Wildman–Crippen MR) is 89.0 cm³/mol. The smallest absolute Gasteiger partial charge is 0.387 e. The Kier molecular flexibility index (Phi) is 5.86. The normalized spacial score (nSPS) is 24.2. The maximum absolute atomic E-state index is 12.8. The molecular formula is C18H24F2N2O3. The Morgan fingerprint density at radius 1 is 1.32 bits per heavy atom. The number of halogens is 2. The quantitative estimate of drug-likeness (QED) is 0.815. The zero-order valence-electron chi connectivity index (χ0n) is 14.4. The standard InChI is InChI=1S/C18H24F2N2O3/c1-2-5-13-11-24-12-14-10-21(8-9-22(13)14)17(23)15-6-3-4-7-16(15)25-18(19)20/h3-4,6-7,13-14,18H,2,5,8-12H2,1H3/t13-,14+/m0/s1. The van der Waals surface area contributed by atoms with Crippen LogP contribution in [0.25, 0.3) is 0 Å². The van der Waals surface area contributed by atoms with Crippen molar-refractivity contribution in [1.82, 2.24) is 9.80 Å². The highest BCUT2D eigenvalue weighted by Crippen LogP contribution is 2.26. The topological polar surface area (TPSA) is 42.0 Å². The minimum absolute atomic E-state index is 0.0753. The van der Waals surface area contributed by atoms with Crippen molar-refractivity contribution in [2.24, 2.45) is 0 Å². The van der Waals surface area contributed by atoms with Crippen molar-refractivity contribution >= 4 is 5.91 Å².